The van der Waals surface area contributed by atoms with Crippen LogP contribution in [0.1, 0.15) is 21.5 Å². The number of alkyl halides is 3. The van der Waals surface area contributed by atoms with E-state index < -0.39 is 17.6 Å². The van der Waals surface area contributed by atoms with Crippen molar-refractivity contribution in [3.8, 4) is 0 Å². The number of pyridine rings is 1. The number of hydrogen-bond donors (Lipinski definition) is 1. The van der Waals surface area contributed by atoms with Crippen molar-refractivity contribution in [1.29, 1.82) is 0 Å². The molecule has 0 fully saturated rings. The highest BCUT2D eigenvalue weighted by Gasteiger charge is 2.32. The van der Waals surface area contributed by atoms with Crippen molar-refractivity contribution in [3.05, 3.63) is 58.4 Å². The van der Waals surface area contributed by atoms with Crippen LogP contribution in [0, 0.1) is 6.92 Å². The molecule has 0 aliphatic heterocycles. The van der Waals surface area contributed by atoms with Gasteiger partial charge in [0.2, 0.25) is 0 Å². The molecule has 0 saturated heterocycles. The Bertz CT molecular complexity index is 669. The summed E-state index contributed by atoms with van der Waals surface area (Å²) in [4.78, 5) is 15.6. The van der Waals surface area contributed by atoms with Gasteiger partial charge in [0, 0.05) is 11.9 Å². The smallest absolute Gasteiger partial charge is 0.322 e. The number of amides is 1. The molecule has 0 bridgehead atoms. The first-order valence-electron chi connectivity index (χ1n) is 5.88. The van der Waals surface area contributed by atoms with Crippen LogP contribution in [0.4, 0.5) is 18.9 Å². The Morgan fingerprint density at radius 3 is 2.52 bits per heavy atom. The highest BCUT2D eigenvalue weighted by Crippen LogP contribution is 2.33. The standard InChI is InChI=1S/C14H10ClF3N2O/c1-8-2-4-10(6-11(8)14(16,17)18)20-13(21)9-3-5-12(15)19-7-9/h2-7H,1H3,(H,20,21). The zero-order valence-electron chi connectivity index (χ0n) is 10.8. The minimum Gasteiger partial charge on any atom is -0.322 e. The SMILES string of the molecule is Cc1ccc(NC(=O)c2ccc(Cl)nc2)cc1C(F)(F)F. The third kappa shape index (κ3) is 3.72. The van der Waals surface area contributed by atoms with Gasteiger partial charge in [0.25, 0.3) is 5.91 Å². The molecule has 1 N–H and O–H groups in total. The zero-order chi connectivity index (χ0) is 15.6. The Kier molecular flexibility index (Phi) is 4.18. The van der Waals surface area contributed by atoms with Crippen molar-refractivity contribution in [2.75, 3.05) is 5.32 Å². The molecule has 1 aromatic heterocycles. The summed E-state index contributed by atoms with van der Waals surface area (Å²) in [5, 5.41) is 2.62. The summed E-state index contributed by atoms with van der Waals surface area (Å²) in [6.07, 6.45) is -3.22. The number of anilines is 1. The van der Waals surface area contributed by atoms with E-state index in [-0.39, 0.29) is 22.0 Å². The maximum absolute atomic E-state index is 12.8. The molecule has 1 amide bonds. The van der Waals surface area contributed by atoms with Gasteiger partial charge in [-0.2, -0.15) is 13.2 Å². The second kappa shape index (κ2) is 5.73. The van der Waals surface area contributed by atoms with Gasteiger partial charge in [0.05, 0.1) is 11.1 Å². The molecule has 0 aliphatic carbocycles. The van der Waals surface area contributed by atoms with Crippen LogP contribution in [-0.4, -0.2) is 10.9 Å². The van der Waals surface area contributed by atoms with Gasteiger partial charge in [-0.1, -0.05) is 17.7 Å². The lowest BCUT2D eigenvalue weighted by Crippen LogP contribution is -2.14. The van der Waals surface area contributed by atoms with Crippen LogP contribution in [0.2, 0.25) is 5.15 Å². The second-order valence-corrected chi connectivity index (χ2v) is 4.74. The molecule has 0 spiro atoms. The predicted octanol–water partition coefficient (Wildman–Crippen LogP) is 4.31. The van der Waals surface area contributed by atoms with Gasteiger partial charge in [-0.05, 0) is 36.8 Å². The Hall–Kier alpha value is -2.08. The van der Waals surface area contributed by atoms with Crippen LogP contribution in [0.3, 0.4) is 0 Å². The van der Waals surface area contributed by atoms with Gasteiger partial charge in [-0.25, -0.2) is 4.98 Å². The lowest BCUT2D eigenvalue weighted by Gasteiger charge is -2.12. The maximum atomic E-state index is 12.8. The van der Waals surface area contributed by atoms with E-state index in [0.717, 1.165) is 6.07 Å². The Morgan fingerprint density at radius 2 is 1.95 bits per heavy atom. The molecule has 0 aliphatic rings. The van der Waals surface area contributed by atoms with E-state index in [1.807, 2.05) is 0 Å². The second-order valence-electron chi connectivity index (χ2n) is 4.35. The Balaban J connectivity index is 2.24. The first kappa shape index (κ1) is 15.3. The largest absolute Gasteiger partial charge is 0.416 e. The lowest BCUT2D eigenvalue weighted by atomic mass is 10.1. The van der Waals surface area contributed by atoms with Crippen LogP contribution < -0.4 is 5.32 Å². The first-order valence-corrected chi connectivity index (χ1v) is 6.26. The molecule has 2 rings (SSSR count). The molecule has 0 saturated carbocycles. The normalized spacial score (nSPS) is 11.3. The lowest BCUT2D eigenvalue weighted by molar-refractivity contribution is -0.138. The third-order valence-corrected chi connectivity index (χ3v) is 3.01. The average molecular weight is 315 g/mol. The Morgan fingerprint density at radius 1 is 1.24 bits per heavy atom. The number of nitrogens with zero attached hydrogens (tertiary/aromatic N) is 1. The molecule has 0 atom stereocenters. The van der Waals surface area contributed by atoms with Crippen LogP contribution in [0.25, 0.3) is 0 Å². The molecule has 0 unspecified atom stereocenters. The van der Waals surface area contributed by atoms with E-state index in [0.29, 0.717) is 0 Å². The van der Waals surface area contributed by atoms with E-state index in [2.05, 4.69) is 10.3 Å². The molecule has 1 aromatic carbocycles. The molecule has 0 radical (unpaired) electrons. The number of nitrogens with one attached hydrogen (secondary N) is 1. The summed E-state index contributed by atoms with van der Waals surface area (Å²) in [6.45, 7) is 1.36. The molecule has 7 heteroatoms. The van der Waals surface area contributed by atoms with Crippen molar-refractivity contribution < 1.29 is 18.0 Å². The van der Waals surface area contributed by atoms with Crippen LogP contribution >= 0.6 is 11.6 Å². The summed E-state index contributed by atoms with van der Waals surface area (Å²) in [5.74, 6) is -0.559. The summed E-state index contributed by atoms with van der Waals surface area (Å²) in [6, 6.07) is 6.47. The minimum absolute atomic E-state index is 0.0628. The third-order valence-electron chi connectivity index (χ3n) is 2.79. The fraction of sp³-hybridized carbons (Fsp3) is 0.143. The monoisotopic (exact) mass is 314 g/mol. The number of hydrogen-bond acceptors (Lipinski definition) is 2. The van der Waals surface area contributed by atoms with Crippen molar-refractivity contribution in [2.45, 2.75) is 13.1 Å². The maximum Gasteiger partial charge on any atom is 0.416 e. The van der Waals surface area contributed by atoms with E-state index in [9.17, 15) is 18.0 Å². The number of carbonyl (C=O) groups is 1. The summed E-state index contributed by atoms with van der Waals surface area (Å²) in [7, 11) is 0. The van der Waals surface area contributed by atoms with E-state index >= 15 is 0 Å². The minimum atomic E-state index is -4.47. The molecular weight excluding hydrogens is 305 g/mol. The summed E-state index contributed by atoms with van der Waals surface area (Å²) < 4.78 is 38.4. The highest BCUT2D eigenvalue weighted by molar-refractivity contribution is 6.29. The van der Waals surface area contributed by atoms with Gasteiger partial charge < -0.3 is 5.32 Å². The predicted molar refractivity (Wildman–Crippen MR) is 73.4 cm³/mol. The van der Waals surface area contributed by atoms with Gasteiger partial charge in [0.15, 0.2) is 0 Å². The average Bonchev–Trinajstić information content (AvgIpc) is 2.40. The highest BCUT2D eigenvalue weighted by atomic mass is 35.5. The summed E-state index contributed by atoms with van der Waals surface area (Å²) in [5.41, 5.74) is -0.426. The van der Waals surface area contributed by atoms with Crippen molar-refractivity contribution in [2.24, 2.45) is 0 Å². The van der Waals surface area contributed by atoms with Crippen molar-refractivity contribution in [3.63, 3.8) is 0 Å². The molecule has 110 valence electrons. The van der Waals surface area contributed by atoms with Crippen LogP contribution in [-0.2, 0) is 6.18 Å². The topological polar surface area (TPSA) is 42.0 Å². The molecule has 2 aromatic rings. The van der Waals surface area contributed by atoms with E-state index in [4.69, 9.17) is 11.6 Å². The quantitative estimate of drug-likeness (QED) is 0.839. The van der Waals surface area contributed by atoms with Crippen molar-refractivity contribution in [1.82, 2.24) is 4.98 Å². The van der Waals surface area contributed by atoms with E-state index in [1.165, 1.54) is 37.4 Å². The number of carbonyl (C=O) groups excluding carboxylic acids is 1. The van der Waals surface area contributed by atoms with Crippen molar-refractivity contribution >= 4 is 23.2 Å². The molecule has 3 nitrogen and oxygen atoms in total. The Labute approximate surface area is 123 Å². The van der Waals surface area contributed by atoms with Crippen LogP contribution in [0.5, 0.6) is 0 Å². The number of halogens is 4. The van der Waals surface area contributed by atoms with Crippen LogP contribution in [0.15, 0.2) is 36.5 Å². The van der Waals surface area contributed by atoms with Gasteiger partial charge >= 0.3 is 6.18 Å². The molecular formula is C14H10ClF3N2O. The molecule has 21 heavy (non-hydrogen) atoms. The van der Waals surface area contributed by atoms with Gasteiger partial charge in [-0.3, -0.25) is 4.79 Å². The summed E-state index contributed by atoms with van der Waals surface area (Å²) >= 11 is 5.60. The fourth-order valence-electron chi connectivity index (χ4n) is 1.72. The van der Waals surface area contributed by atoms with E-state index in [1.54, 1.807) is 0 Å². The number of aromatic nitrogens is 1. The first-order chi connectivity index (χ1) is 9.77. The number of benzene rings is 1. The zero-order valence-corrected chi connectivity index (χ0v) is 11.6. The number of aryl methyl sites for hydroxylation is 1. The van der Waals surface area contributed by atoms with Gasteiger partial charge in [-0.15, -0.1) is 0 Å². The molecule has 1 heterocycles. The number of rotatable bonds is 2. The van der Waals surface area contributed by atoms with Gasteiger partial charge in [0.1, 0.15) is 5.15 Å². The fourth-order valence-corrected chi connectivity index (χ4v) is 1.83.